The lowest BCUT2D eigenvalue weighted by Crippen LogP contribution is -2.22. The van der Waals surface area contributed by atoms with Crippen LogP contribution in [0.15, 0.2) is 164 Å². The Morgan fingerprint density at radius 3 is 1.96 bits per heavy atom. The lowest BCUT2D eigenvalue weighted by molar-refractivity contribution is 0.714. The van der Waals surface area contributed by atoms with Crippen molar-refractivity contribution in [3.63, 3.8) is 0 Å². The van der Waals surface area contributed by atoms with Gasteiger partial charge in [0.05, 0.1) is 11.4 Å². The molecule has 2 nitrogen and oxygen atoms in total. The smallest absolute Gasteiger partial charge is 0.161 e. The maximum absolute atomic E-state index is 5.34. The molecule has 0 bridgehead atoms. The van der Waals surface area contributed by atoms with Crippen LogP contribution >= 0.6 is 11.3 Å². The summed E-state index contributed by atoms with van der Waals surface area (Å²) in [6, 6.07) is 59.1. The van der Waals surface area contributed by atoms with Crippen LogP contribution in [0.3, 0.4) is 0 Å². The molecule has 2 heterocycles. The number of benzene rings is 7. The molecule has 0 amide bonds. The first kappa shape index (κ1) is 28.1. The van der Waals surface area contributed by atoms with Gasteiger partial charge < -0.3 is 0 Å². The molecule has 2 aromatic heterocycles. The Morgan fingerprint density at radius 2 is 1.08 bits per heavy atom. The summed E-state index contributed by atoms with van der Waals surface area (Å²) in [6.45, 7) is 2.37. The van der Waals surface area contributed by atoms with Crippen molar-refractivity contribution in [1.29, 1.82) is 0 Å². The van der Waals surface area contributed by atoms with E-state index in [2.05, 4.69) is 171 Å². The van der Waals surface area contributed by atoms with Gasteiger partial charge in [-0.2, -0.15) is 0 Å². The lowest BCUT2D eigenvalue weighted by Gasteiger charge is -2.28. The summed E-state index contributed by atoms with van der Waals surface area (Å²) in [4.78, 5) is 10.6. The third-order valence-corrected chi connectivity index (χ3v) is 11.5. The number of fused-ring (bicyclic) bond motifs is 7. The molecular weight excluding hydrogens is 613 g/mol. The summed E-state index contributed by atoms with van der Waals surface area (Å²) < 4.78 is 2.59. The Kier molecular flexibility index (Phi) is 6.21. The Labute approximate surface area is 289 Å². The van der Waals surface area contributed by atoms with Crippen molar-refractivity contribution in [3.05, 3.63) is 180 Å². The van der Waals surface area contributed by atoms with Crippen molar-refractivity contribution < 1.29 is 0 Å². The molecule has 0 saturated heterocycles. The van der Waals surface area contributed by atoms with E-state index in [0.717, 1.165) is 39.3 Å². The van der Waals surface area contributed by atoms with Crippen LogP contribution < -0.4 is 0 Å². The zero-order chi connectivity index (χ0) is 32.5. The molecule has 0 aliphatic heterocycles. The Morgan fingerprint density at radius 1 is 0.449 bits per heavy atom. The van der Waals surface area contributed by atoms with Gasteiger partial charge in [-0.05, 0) is 75.8 Å². The van der Waals surface area contributed by atoms with E-state index in [0.29, 0.717) is 0 Å². The van der Waals surface area contributed by atoms with Crippen molar-refractivity contribution in [2.75, 3.05) is 0 Å². The summed E-state index contributed by atoms with van der Waals surface area (Å²) >= 11 is 1.84. The van der Waals surface area contributed by atoms with E-state index in [9.17, 15) is 0 Å². The average molecular weight is 643 g/mol. The van der Waals surface area contributed by atoms with Crippen molar-refractivity contribution in [3.8, 4) is 45.0 Å². The predicted octanol–water partition coefficient (Wildman–Crippen LogP) is 12.3. The van der Waals surface area contributed by atoms with Gasteiger partial charge in [-0.1, -0.05) is 133 Å². The summed E-state index contributed by atoms with van der Waals surface area (Å²) in [6.07, 6.45) is 0. The highest BCUT2D eigenvalue weighted by Crippen LogP contribution is 2.53. The Bertz CT molecular complexity index is 2740. The van der Waals surface area contributed by atoms with Gasteiger partial charge in [0.1, 0.15) is 0 Å². The molecule has 49 heavy (non-hydrogen) atoms. The molecule has 0 N–H and O–H groups in total. The second kappa shape index (κ2) is 10.8. The second-order valence-electron chi connectivity index (χ2n) is 13.1. The molecule has 10 rings (SSSR count). The molecule has 1 aliphatic rings. The molecule has 1 aliphatic carbocycles. The number of aromatic nitrogens is 2. The first-order valence-electron chi connectivity index (χ1n) is 16.7. The minimum Gasteiger partial charge on any atom is -0.228 e. The molecule has 9 aromatic rings. The van der Waals surface area contributed by atoms with E-state index in [1.165, 1.54) is 53.4 Å². The van der Waals surface area contributed by atoms with Crippen LogP contribution in [0, 0.1) is 0 Å². The van der Waals surface area contributed by atoms with Gasteiger partial charge in [-0.25, -0.2) is 9.97 Å². The van der Waals surface area contributed by atoms with Crippen molar-refractivity contribution in [2.24, 2.45) is 0 Å². The second-order valence-corrected chi connectivity index (χ2v) is 14.2. The van der Waals surface area contributed by atoms with Crippen LogP contribution in [0.1, 0.15) is 23.6 Å². The minimum absolute atomic E-state index is 0.289. The molecule has 0 spiro atoms. The Balaban J connectivity index is 1.21. The average Bonchev–Trinajstić information content (AvgIpc) is 3.67. The molecule has 230 valence electrons. The van der Waals surface area contributed by atoms with E-state index < -0.39 is 0 Å². The third kappa shape index (κ3) is 4.33. The van der Waals surface area contributed by atoms with Gasteiger partial charge in [0.25, 0.3) is 0 Å². The number of nitrogens with zero attached hydrogens (tertiary/aromatic N) is 2. The number of hydrogen-bond donors (Lipinski definition) is 0. The van der Waals surface area contributed by atoms with Crippen molar-refractivity contribution >= 4 is 42.3 Å². The van der Waals surface area contributed by atoms with Crippen LogP contribution in [-0.2, 0) is 5.41 Å². The third-order valence-electron chi connectivity index (χ3n) is 10.4. The summed E-state index contributed by atoms with van der Waals surface area (Å²) in [5.74, 6) is 0.731. The fourth-order valence-electron chi connectivity index (χ4n) is 7.90. The predicted molar refractivity (Wildman–Crippen MR) is 206 cm³/mol. The molecule has 0 saturated carbocycles. The first-order valence-corrected chi connectivity index (χ1v) is 17.6. The summed E-state index contributed by atoms with van der Waals surface area (Å²) in [5, 5.41) is 4.87. The maximum atomic E-state index is 5.34. The topological polar surface area (TPSA) is 25.8 Å². The SMILES string of the molecule is CC1(c2ccccc2)c2ccccc2-c2ccc(-c3cc(-c4ccc5sc6ccccc6c5c4)nc(-c4cccc5ccccc45)n3)cc21. The summed E-state index contributed by atoms with van der Waals surface area (Å²) in [7, 11) is 0. The lowest BCUT2D eigenvalue weighted by atomic mass is 9.74. The highest BCUT2D eigenvalue weighted by Gasteiger charge is 2.40. The van der Waals surface area contributed by atoms with E-state index in [-0.39, 0.29) is 5.41 Å². The highest BCUT2D eigenvalue weighted by atomic mass is 32.1. The first-order chi connectivity index (χ1) is 24.1. The van der Waals surface area contributed by atoms with E-state index in [4.69, 9.17) is 9.97 Å². The van der Waals surface area contributed by atoms with E-state index >= 15 is 0 Å². The molecule has 1 atom stereocenters. The molecule has 0 fully saturated rings. The van der Waals surface area contributed by atoms with E-state index in [1.807, 2.05) is 11.3 Å². The van der Waals surface area contributed by atoms with Gasteiger partial charge >= 0.3 is 0 Å². The maximum Gasteiger partial charge on any atom is 0.161 e. The van der Waals surface area contributed by atoms with Gasteiger partial charge in [0.15, 0.2) is 5.82 Å². The monoisotopic (exact) mass is 642 g/mol. The molecule has 1 unspecified atom stereocenters. The normalized spacial score (nSPS) is 15.1. The van der Waals surface area contributed by atoms with Crippen LogP contribution in [0.5, 0.6) is 0 Å². The van der Waals surface area contributed by atoms with Gasteiger partial charge in [-0.15, -0.1) is 11.3 Å². The molecule has 0 radical (unpaired) electrons. The van der Waals surface area contributed by atoms with Gasteiger partial charge in [0, 0.05) is 42.3 Å². The van der Waals surface area contributed by atoms with Crippen molar-refractivity contribution in [1.82, 2.24) is 9.97 Å². The molecular formula is C46H30N2S. The molecule has 7 aromatic carbocycles. The number of rotatable bonds is 4. The largest absolute Gasteiger partial charge is 0.228 e. The van der Waals surface area contributed by atoms with Crippen molar-refractivity contribution in [2.45, 2.75) is 12.3 Å². The fraction of sp³-hybridized carbons (Fsp3) is 0.0435. The molecule has 3 heteroatoms. The Hall–Kier alpha value is -5.90. The summed E-state index contributed by atoms with van der Waals surface area (Å²) in [5.41, 5.74) is 11.3. The van der Waals surface area contributed by atoms with Crippen LogP contribution in [0.4, 0.5) is 0 Å². The quantitative estimate of drug-likeness (QED) is 0.191. The standard InChI is InChI=1S/C46H30N2S/c1-46(32-14-3-2-4-15-32)39-20-9-7-17-34(39)35-24-22-31(27-40(35)46)42-28-41(30-23-25-44-38(26-30)36-18-8-10-21-43(36)49-44)47-45(48-42)37-19-11-13-29-12-5-6-16-33(29)37/h2-28H,1H3. The van der Waals surface area contributed by atoms with E-state index in [1.54, 1.807) is 0 Å². The van der Waals surface area contributed by atoms with Gasteiger partial charge in [0.2, 0.25) is 0 Å². The zero-order valence-electron chi connectivity index (χ0n) is 26.9. The number of hydrogen-bond acceptors (Lipinski definition) is 3. The fourth-order valence-corrected chi connectivity index (χ4v) is 8.99. The minimum atomic E-state index is -0.289. The number of thiophene rings is 1. The van der Waals surface area contributed by atoms with Crippen LogP contribution in [0.2, 0.25) is 0 Å². The highest BCUT2D eigenvalue weighted by molar-refractivity contribution is 7.25. The van der Waals surface area contributed by atoms with Crippen LogP contribution in [0.25, 0.3) is 76.0 Å². The van der Waals surface area contributed by atoms with Crippen LogP contribution in [-0.4, -0.2) is 9.97 Å². The zero-order valence-corrected chi connectivity index (χ0v) is 27.7. The van der Waals surface area contributed by atoms with Gasteiger partial charge in [-0.3, -0.25) is 0 Å².